The summed E-state index contributed by atoms with van der Waals surface area (Å²) in [6, 6.07) is 3.99. The van der Waals surface area contributed by atoms with E-state index < -0.39 is 0 Å². The first-order valence-electron chi connectivity index (χ1n) is 12.8. The maximum absolute atomic E-state index is 12.2. The van der Waals surface area contributed by atoms with Gasteiger partial charge in [0.1, 0.15) is 0 Å². The SMILES string of the molecule is [CH2]CCCCCCCCCCCCCCCCCOOC(=O)c1c(C)cc(C)cc1C. The van der Waals surface area contributed by atoms with E-state index in [4.69, 9.17) is 9.78 Å². The summed E-state index contributed by atoms with van der Waals surface area (Å²) < 4.78 is 0. The van der Waals surface area contributed by atoms with Crippen LogP contribution in [-0.2, 0) is 9.78 Å². The van der Waals surface area contributed by atoms with E-state index in [1.54, 1.807) is 0 Å². The molecular weight excluding hydrogens is 384 g/mol. The van der Waals surface area contributed by atoms with E-state index in [0.717, 1.165) is 36.0 Å². The van der Waals surface area contributed by atoms with E-state index in [-0.39, 0.29) is 5.97 Å². The van der Waals surface area contributed by atoms with E-state index in [0.29, 0.717) is 12.2 Å². The van der Waals surface area contributed by atoms with Gasteiger partial charge in [-0.25, -0.2) is 4.79 Å². The minimum atomic E-state index is -0.385. The topological polar surface area (TPSA) is 35.5 Å². The maximum atomic E-state index is 12.2. The number of carbonyl (C=O) groups excluding carboxylic acids is 1. The fourth-order valence-corrected chi connectivity index (χ4v) is 4.27. The highest BCUT2D eigenvalue weighted by Gasteiger charge is 2.15. The highest BCUT2D eigenvalue weighted by molar-refractivity contribution is 5.92. The second-order valence-electron chi connectivity index (χ2n) is 9.12. The molecule has 0 fully saturated rings. The van der Waals surface area contributed by atoms with Crippen molar-refractivity contribution in [2.75, 3.05) is 6.61 Å². The molecule has 1 radical (unpaired) electrons. The van der Waals surface area contributed by atoms with Gasteiger partial charge in [-0.05, 0) is 38.3 Å². The molecular formula is C28H47O3. The van der Waals surface area contributed by atoms with Gasteiger partial charge in [0.15, 0.2) is 0 Å². The van der Waals surface area contributed by atoms with Gasteiger partial charge in [0.2, 0.25) is 0 Å². The van der Waals surface area contributed by atoms with Crippen LogP contribution in [0.4, 0.5) is 0 Å². The standard InChI is InChI=1S/C28H47O3/c1-5-6-7-8-9-10-11-12-13-14-15-16-17-18-19-20-21-30-31-28(29)27-25(3)22-24(2)23-26(27)4/h22-23H,1,5-21H2,2-4H3. The third-order valence-electron chi connectivity index (χ3n) is 5.99. The molecule has 0 atom stereocenters. The van der Waals surface area contributed by atoms with E-state index in [1.807, 2.05) is 32.9 Å². The van der Waals surface area contributed by atoms with Crippen LogP contribution < -0.4 is 0 Å². The van der Waals surface area contributed by atoms with Gasteiger partial charge in [-0.1, -0.05) is 121 Å². The molecule has 0 N–H and O–H groups in total. The fourth-order valence-electron chi connectivity index (χ4n) is 4.27. The van der Waals surface area contributed by atoms with E-state index in [2.05, 4.69) is 6.92 Å². The number of hydrogen-bond donors (Lipinski definition) is 0. The van der Waals surface area contributed by atoms with Crippen LogP contribution in [0.5, 0.6) is 0 Å². The first-order chi connectivity index (χ1) is 15.1. The van der Waals surface area contributed by atoms with Crippen molar-refractivity contribution in [1.82, 2.24) is 0 Å². The zero-order valence-corrected chi connectivity index (χ0v) is 20.6. The molecule has 0 aliphatic carbocycles. The predicted octanol–water partition coefficient (Wildman–Crippen LogP) is 8.78. The molecule has 0 aliphatic rings. The molecule has 0 saturated heterocycles. The first-order valence-corrected chi connectivity index (χ1v) is 12.8. The zero-order valence-electron chi connectivity index (χ0n) is 20.6. The Balaban J connectivity index is 1.87. The second-order valence-corrected chi connectivity index (χ2v) is 9.12. The van der Waals surface area contributed by atoms with Crippen LogP contribution in [0.25, 0.3) is 0 Å². The number of unbranched alkanes of at least 4 members (excludes halogenated alkanes) is 15. The molecule has 3 nitrogen and oxygen atoms in total. The predicted molar refractivity (Wildman–Crippen MR) is 131 cm³/mol. The van der Waals surface area contributed by atoms with Gasteiger partial charge in [0, 0.05) is 0 Å². The van der Waals surface area contributed by atoms with Crippen molar-refractivity contribution >= 4 is 5.97 Å². The van der Waals surface area contributed by atoms with Crippen molar-refractivity contribution in [3.05, 3.63) is 41.3 Å². The molecule has 0 heterocycles. The molecule has 0 spiro atoms. The third kappa shape index (κ3) is 13.6. The lowest BCUT2D eigenvalue weighted by Crippen LogP contribution is -2.10. The lowest BCUT2D eigenvalue weighted by Gasteiger charge is -2.10. The largest absolute Gasteiger partial charge is 0.373 e. The van der Waals surface area contributed by atoms with Crippen LogP contribution in [-0.4, -0.2) is 12.6 Å². The Kier molecular flexibility index (Phi) is 16.3. The summed E-state index contributed by atoms with van der Waals surface area (Å²) in [5, 5.41) is 0. The van der Waals surface area contributed by atoms with Crippen LogP contribution in [0, 0.1) is 27.7 Å². The number of benzene rings is 1. The van der Waals surface area contributed by atoms with E-state index in [1.165, 1.54) is 83.5 Å². The van der Waals surface area contributed by atoms with Gasteiger partial charge in [-0.15, -0.1) is 0 Å². The summed E-state index contributed by atoms with van der Waals surface area (Å²) in [5.74, 6) is -0.385. The normalized spacial score (nSPS) is 11.1. The Morgan fingerprint density at radius 1 is 0.677 bits per heavy atom. The Bertz CT molecular complexity index is 571. The molecule has 31 heavy (non-hydrogen) atoms. The molecule has 3 heteroatoms. The van der Waals surface area contributed by atoms with Crippen molar-refractivity contribution in [2.24, 2.45) is 0 Å². The molecule has 0 bridgehead atoms. The van der Waals surface area contributed by atoms with Gasteiger partial charge in [-0.2, -0.15) is 4.89 Å². The molecule has 0 unspecified atom stereocenters. The highest BCUT2D eigenvalue weighted by atomic mass is 17.2. The number of aryl methyl sites for hydroxylation is 3. The summed E-state index contributed by atoms with van der Waals surface area (Å²) in [6.07, 6.45) is 20.9. The Labute approximate surface area is 192 Å². The smallest absolute Gasteiger partial charge is 0.293 e. The molecule has 177 valence electrons. The highest BCUT2D eigenvalue weighted by Crippen LogP contribution is 2.18. The average molecular weight is 432 g/mol. The van der Waals surface area contributed by atoms with Crippen molar-refractivity contribution in [3.63, 3.8) is 0 Å². The van der Waals surface area contributed by atoms with Crippen LogP contribution in [0.1, 0.15) is 130 Å². The molecule has 0 aromatic heterocycles. The Morgan fingerprint density at radius 3 is 1.48 bits per heavy atom. The lowest BCUT2D eigenvalue weighted by molar-refractivity contribution is -0.241. The van der Waals surface area contributed by atoms with Crippen molar-refractivity contribution in [1.29, 1.82) is 0 Å². The number of rotatable bonds is 19. The molecule has 0 amide bonds. The van der Waals surface area contributed by atoms with Crippen LogP contribution >= 0.6 is 0 Å². The molecule has 1 rings (SSSR count). The monoisotopic (exact) mass is 431 g/mol. The van der Waals surface area contributed by atoms with Crippen LogP contribution in [0.3, 0.4) is 0 Å². The summed E-state index contributed by atoms with van der Waals surface area (Å²) >= 11 is 0. The lowest BCUT2D eigenvalue weighted by atomic mass is 10.0. The van der Waals surface area contributed by atoms with E-state index in [9.17, 15) is 4.79 Å². The van der Waals surface area contributed by atoms with Gasteiger partial charge in [-0.3, -0.25) is 4.89 Å². The third-order valence-corrected chi connectivity index (χ3v) is 5.99. The van der Waals surface area contributed by atoms with Crippen LogP contribution in [0.15, 0.2) is 12.1 Å². The Hall–Kier alpha value is -1.35. The van der Waals surface area contributed by atoms with Gasteiger partial charge < -0.3 is 0 Å². The minimum Gasteiger partial charge on any atom is -0.293 e. The zero-order chi connectivity index (χ0) is 22.7. The summed E-state index contributed by atoms with van der Waals surface area (Å²) in [7, 11) is 0. The van der Waals surface area contributed by atoms with Gasteiger partial charge in [0.25, 0.3) is 0 Å². The summed E-state index contributed by atoms with van der Waals surface area (Å²) in [6.45, 7) is 10.3. The number of hydrogen-bond acceptors (Lipinski definition) is 3. The summed E-state index contributed by atoms with van der Waals surface area (Å²) in [4.78, 5) is 22.4. The average Bonchev–Trinajstić information content (AvgIpc) is 2.72. The number of carbonyl (C=O) groups is 1. The van der Waals surface area contributed by atoms with Gasteiger partial charge >= 0.3 is 5.97 Å². The molecule has 0 aliphatic heterocycles. The van der Waals surface area contributed by atoms with Crippen molar-refractivity contribution in [3.8, 4) is 0 Å². The molecule has 1 aromatic carbocycles. The Morgan fingerprint density at radius 2 is 1.06 bits per heavy atom. The summed E-state index contributed by atoms with van der Waals surface area (Å²) in [5.41, 5.74) is 3.65. The van der Waals surface area contributed by atoms with E-state index >= 15 is 0 Å². The molecule has 1 aromatic rings. The molecule has 0 saturated carbocycles. The fraction of sp³-hybridized carbons (Fsp3) is 0.714. The minimum absolute atomic E-state index is 0.385. The van der Waals surface area contributed by atoms with Gasteiger partial charge in [0.05, 0.1) is 12.2 Å². The van der Waals surface area contributed by atoms with Crippen molar-refractivity contribution < 1.29 is 14.6 Å². The quantitative estimate of drug-likeness (QED) is 0.125. The second kappa shape index (κ2) is 18.2. The first kappa shape index (κ1) is 27.7. The maximum Gasteiger partial charge on any atom is 0.373 e. The van der Waals surface area contributed by atoms with Crippen LogP contribution in [0.2, 0.25) is 0 Å². The van der Waals surface area contributed by atoms with Crippen molar-refractivity contribution in [2.45, 2.75) is 124 Å².